The third-order valence-electron chi connectivity index (χ3n) is 5.26. The van der Waals surface area contributed by atoms with Gasteiger partial charge in [-0.2, -0.15) is 0 Å². The molecule has 0 amide bonds. The highest BCUT2D eigenvalue weighted by Crippen LogP contribution is 2.19. The van der Waals surface area contributed by atoms with E-state index in [-0.39, 0.29) is 12.0 Å². The van der Waals surface area contributed by atoms with Gasteiger partial charge < -0.3 is 9.64 Å². The Morgan fingerprint density at radius 1 is 1.09 bits per heavy atom. The highest BCUT2D eigenvalue weighted by molar-refractivity contribution is 5.75. The lowest BCUT2D eigenvalue weighted by molar-refractivity contribution is -0.148. The molecule has 5 heteroatoms. The Balaban J connectivity index is 1.81. The van der Waals surface area contributed by atoms with Crippen molar-refractivity contribution in [2.24, 2.45) is 0 Å². The molecule has 22 heavy (non-hydrogen) atoms. The Morgan fingerprint density at radius 3 is 2.45 bits per heavy atom. The van der Waals surface area contributed by atoms with Gasteiger partial charge in [0.25, 0.3) is 0 Å². The minimum Gasteiger partial charge on any atom is -0.465 e. The van der Waals surface area contributed by atoms with Crippen LogP contribution in [0.4, 0.5) is 0 Å². The van der Waals surface area contributed by atoms with Gasteiger partial charge >= 0.3 is 5.97 Å². The number of hydrogen-bond donors (Lipinski definition) is 0. The zero-order valence-corrected chi connectivity index (χ0v) is 14.6. The Bertz CT molecular complexity index is 343. The fourth-order valence-electron chi connectivity index (χ4n) is 3.72. The molecule has 5 nitrogen and oxygen atoms in total. The van der Waals surface area contributed by atoms with Crippen LogP contribution in [0.5, 0.6) is 0 Å². The van der Waals surface area contributed by atoms with E-state index in [0.717, 1.165) is 32.1 Å². The van der Waals surface area contributed by atoms with E-state index in [4.69, 9.17) is 4.74 Å². The van der Waals surface area contributed by atoms with Crippen molar-refractivity contribution in [1.29, 1.82) is 0 Å². The second-order valence-electron chi connectivity index (χ2n) is 6.52. The molecule has 2 aliphatic heterocycles. The highest BCUT2D eigenvalue weighted by Gasteiger charge is 2.28. The first-order valence-electron chi connectivity index (χ1n) is 9.02. The fraction of sp³-hybridized carbons (Fsp3) is 0.941. The number of ether oxygens (including phenoxy) is 1. The molecule has 0 aromatic carbocycles. The summed E-state index contributed by atoms with van der Waals surface area (Å²) in [4.78, 5) is 19.4. The SMILES string of the molecule is CCOC(=O)[C@H](C)N1CCCN(C2CCN(CC)CC2)CC1. The van der Waals surface area contributed by atoms with Crippen LogP contribution in [0.3, 0.4) is 0 Å². The Morgan fingerprint density at radius 2 is 1.82 bits per heavy atom. The van der Waals surface area contributed by atoms with Gasteiger partial charge in [0.1, 0.15) is 6.04 Å². The van der Waals surface area contributed by atoms with E-state index in [2.05, 4.69) is 21.6 Å². The standard InChI is InChI=1S/C17H33N3O2/c1-4-18-11-7-16(8-12-18)20-10-6-9-19(13-14-20)15(3)17(21)22-5-2/h15-16H,4-14H2,1-3H3/t15-/m0/s1. The van der Waals surface area contributed by atoms with Crippen molar-refractivity contribution in [3.63, 3.8) is 0 Å². The van der Waals surface area contributed by atoms with Gasteiger partial charge in [0.15, 0.2) is 0 Å². The van der Waals surface area contributed by atoms with Crippen LogP contribution in [0.2, 0.25) is 0 Å². The van der Waals surface area contributed by atoms with Crippen molar-refractivity contribution in [3.05, 3.63) is 0 Å². The predicted molar refractivity (Wildman–Crippen MR) is 89.0 cm³/mol. The van der Waals surface area contributed by atoms with E-state index in [9.17, 15) is 4.79 Å². The molecule has 0 bridgehead atoms. The molecule has 0 unspecified atom stereocenters. The molecule has 2 fully saturated rings. The average molecular weight is 311 g/mol. The van der Waals surface area contributed by atoms with Crippen LogP contribution in [-0.4, -0.2) is 85.2 Å². The monoisotopic (exact) mass is 311 g/mol. The summed E-state index contributed by atoms with van der Waals surface area (Å²) in [5, 5.41) is 0. The normalized spacial score (nSPS) is 24.9. The minimum atomic E-state index is -0.109. The smallest absolute Gasteiger partial charge is 0.323 e. The van der Waals surface area contributed by atoms with Crippen LogP contribution in [0, 0.1) is 0 Å². The Hall–Kier alpha value is -0.650. The van der Waals surface area contributed by atoms with Gasteiger partial charge in [0.2, 0.25) is 0 Å². The Labute approximate surface area is 135 Å². The molecule has 0 saturated carbocycles. The molecule has 128 valence electrons. The molecule has 2 heterocycles. The third kappa shape index (κ3) is 4.67. The van der Waals surface area contributed by atoms with Crippen molar-refractivity contribution in [2.45, 2.75) is 52.1 Å². The molecular weight excluding hydrogens is 278 g/mol. The van der Waals surface area contributed by atoms with E-state index in [1.165, 1.54) is 39.0 Å². The zero-order valence-electron chi connectivity index (χ0n) is 14.6. The number of carbonyl (C=O) groups excluding carboxylic acids is 1. The number of hydrogen-bond acceptors (Lipinski definition) is 5. The summed E-state index contributed by atoms with van der Waals surface area (Å²) in [5.41, 5.74) is 0. The first kappa shape index (κ1) is 17.7. The Kier molecular flexibility index (Phi) is 7.12. The maximum absolute atomic E-state index is 11.9. The molecule has 2 rings (SSSR count). The van der Waals surface area contributed by atoms with Gasteiger partial charge in [-0.05, 0) is 59.3 Å². The van der Waals surface area contributed by atoms with E-state index >= 15 is 0 Å². The van der Waals surface area contributed by atoms with Crippen LogP contribution < -0.4 is 0 Å². The van der Waals surface area contributed by atoms with Crippen molar-refractivity contribution in [3.8, 4) is 0 Å². The molecule has 0 N–H and O–H groups in total. The van der Waals surface area contributed by atoms with Crippen molar-refractivity contribution in [1.82, 2.24) is 14.7 Å². The maximum Gasteiger partial charge on any atom is 0.323 e. The topological polar surface area (TPSA) is 36.0 Å². The van der Waals surface area contributed by atoms with Crippen LogP contribution >= 0.6 is 0 Å². The summed E-state index contributed by atoms with van der Waals surface area (Å²) in [6.45, 7) is 14.5. The molecule has 2 aliphatic rings. The molecule has 0 aromatic heterocycles. The lowest BCUT2D eigenvalue weighted by atomic mass is 10.0. The minimum absolute atomic E-state index is 0.0767. The summed E-state index contributed by atoms with van der Waals surface area (Å²) in [7, 11) is 0. The summed E-state index contributed by atoms with van der Waals surface area (Å²) >= 11 is 0. The summed E-state index contributed by atoms with van der Waals surface area (Å²) in [6, 6.07) is 0.627. The number of likely N-dealkylation sites (tertiary alicyclic amines) is 1. The molecular formula is C17H33N3O2. The predicted octanol–water partition coefficient (Wildman–Crippen LogP) is 1.43. The molecule has 0 spiro atoms. The lowest BCUT2D eigenvalue weighted by Crippen LogP contribution is -2.47. The van der Waals surface area contributed by atoms with Gasteiger partial charge in [-0.1, -0.05) is 6.92 Å². The number of nitrogens with zero attached hydrogens (tertiary/aromatic N) is 3. The largest absolute Gasteiger partial charge is 0.465 e. The quantitative estimate of drug-likeness (QED) is 0.718. The van der Waals surface area contributed by atoms with Crippen LogP contribution in [-0.2, 0) is 9.53 Å². The van der Waals surface area contributed by atoms with Crippen LogP contribution in [0.1, 0.15) is 40.0 Å². The fourth-order valence-corrected chi connectivity index (χ4v) is 3.72. The van der Waals surface area contributed by atoms with E-state index in [0.29, 0.717) is 6.61 Å². The first-order chi connectivity index (χ1) is 10.7. The average Bonchev–Trinajstić information content (AvgIpc) is 2.80. The van der Waals surface area contributed by atoms with E-state index < -0.39 is 0 Å². The number of esters is 1. The van der Waals surface area contributed by atoms with Gasteiger partial charge in [-0.15, -0.1) is 0 Å². The molecule has 0 aliphatic carbocycles. The number of rotatable bonds is 5. The summed E-state index contributed by atoms with van der Waals surface area (Å²) in [5.74, 6) is -0.0767. The van der Waals surface area contributed by atoms with Crippen molar-refractivity contribution < 1.29 is 9.53 Å². The number of carbonyl (C=O) groups is 1. The van der Waals surface area contributed by atoms with E-state index in [1.54, 1.807) is 0 Å². The molecule has 1 atom stereocenters. The molecule has 0 radical (unpaired) electrons. The van der Waals surface area contributed by atoms with Crippen molar-refractivity contribution >= 4 is 5.97 Å². The van der Waals surface area contributed by atoms with Gasteiger partial charge in [-0.3, -0.25) is 14.6 Å². The van der Waals surface area contributed by atoms with Crippen molar-refractivity contribution in [2.75, 3.05) is 52.4 Å². The second kappa shape index (κ2) is 8.85. The highest BCUT2D eigenvalue weighted by atomic mass is 16.5. The zero-order chi connectivity index (χ0) is 15.9. The first-order valence-corrected chi connectivity index (χ1v) is 9.02. The van der Waals surface area contributed by atoms with Crippen LogP contribution in [0.15, 0.2) is 0 Å². The third-order valence-corrected chi connectivity index (χ3v) is 5.26. The summed E-state index contributed by atoms with van der Waals surface area (Å²) < 4.78 is 5.17. The van der Waals surface area contributed by atoms with E-state index in [1.807, 2.05) is 13.8 Å². The van der Waals surface area contributed by atoms with Gasteiger partial charge in [0.05, 0.1) is 6.61 Å². The maximum atomic E-state index is 11.9. The summed E-state index contributed by atoms with van der Waals surface area (Å²) in [6.07, 6.45) is 3.74. The molecule has 2 saturated heterocycles. The van der Waals surface area contributed by atoms with Crippen LogP contribution in [0.25, 0.3) is 0 Å². The lowest BCUT2D eigenvalue weighted by Gasteiger charge is -2.37. The number of piperidine rings is 1. The van der Waals surface area contributed by atoms with Gasteiger partial charge in [-0.25, -0.2) is 0 Å². The molecule has 0 aromatic rings. The van der Waals surface area contributed by atoms with Gasteiger partial charge in [0, 0.05) is 25.7 Å². The second-order valence-corrected chi connectivity index (χ2v) is 6.52.